The van der Waals surface area contributed by atoms with Gasteiger partial charge in [0.05, 0.1) is 18.5 Å². The molecule has 0 unspecified atom stereocenters. The van der Waals surface area contributed by atoms with Gasteiger partial charge in [0.2, 0.25) is 0 Å². The van der Waals surface area contributed by atoms with Gasteiger partial charge in [-0.2, -0.15) is 5.10 Å². The predicted molar refractivity (Wildman–Crippen MR) is 153 cm³/mol. The van der Waals surface area contributed by atoms with E-state index in [2.05, 4.69) is 31.5 Å². The van der Waals surface area contributed by atoms with E-state index < -0.39 is 5.82 Å². The molecule has 2 aromatic heterocycles. The van der Waals surface area contributed by atoms with Crippen molar-refractivity contribution in [1.82, 2.24) is 19.7 Å². The second-order valence-corrected chi connectivity index (χ2v) is 9.73. The molecular formula is C29H29ClFN7. The third kappa shape index (κ3) is 5.51. The number of benzene rings is 1. The summed E-state index contributed by atoms with van der Waals surface area (Å²) < 4.78 is 16.7. The van der Waals surface area contributed by atoms with E-state index in [1.165, 1.54) is 25.0 Å². The zero-order valence-corrected chi connectivity index (χ0v) is 22.0. The van der Waals surface area contributed by atoms with Crippen molar-refractivity contribution in [3.8, 4) is 11.1 Å². The fraction of sp³-hybridized carbons (Fsp3) is 0.241. The van der Waals surface area contributed by atoms with Crippen molar-refractivity contribution < 1.29 is 4.39 Å². The maximum Gasteiger partial charge on any atom is 0.159 e. The highest BCUT2D eigenvalue weighted by molar-refractivity contribution is 6.32. The van der Waals surface area contributed by atoms with E-state index in [0.29, 0.717) is 33.5 Å². The van der Waals surface area contributed by atoms with Crippen LogP contribution in [0, 0.1) is 5.82 Å². The lowest BCUT2D eigenvalue weighted by molar-refractivity contribution is 0.316. The van der Waals surface area contributed by atoms with Crippen molar-refractivity contribution in [2.45, 2.75) is 26.3 Å². The molecule has 38 heavy (non-hydrogen) atoms. The first-order valence-electron chi connectivity index (χ1n) is 12.6. The number of nitrogens with zero attached hydrogens (tertiary/aromatic N) is 6. The third-order valence-corrected chi connectivity index (χ3v) is 6.91. The second kappa shape index (κ2) is 11.2. The lowest BCUT2D eigenvalue weighted by atomic mass is 9.92. The van der Waals surface area contributed by atoms with Gasteiger partial charge in [0.25, 0.3) is 0 Å². The van der Waals surface area contributed by atoms with Crippen LogP contribution in [0.4, 0.5) is 10.2 Å². The largest absolute Gasteiger partial charge is 0.383 e. The van der Waals surface area contributed by atoms with Gasteiger partial charge in [0, 0.05) is 58.0 Å². The SMILES string of the molecule is C=C1C(c2cnc(N)c(-c3cnn(CCN4CCCC4)c3)c2)=CC(c2cc(Cl)ccc2F)=N/C1=N/C=C\C. The number of aromatic nitrogens is 3. The second-order valence-electron chi connectivity index (χ2n) is 9.29. The van der Waals surface area contributed by atoms with E-state index in [4.69, 9.17) is 17.3 Å². The molecule has 1 fully saturated rings. The average molecular weight is 530 g/mol. The molecule has 0 amide bonds. The number of hydrogen-bond acceptors (Lipinski definition) is 5. The highest BCUT2D eigenvalue weighted by Gasteiger charge is 2.22. The molecule has 0 atom stereocenters. The van der Waals surface area contributed by atoms with Crippen LogP contribution in [0.5, 0.6) is 0 Å². The van der Waals surface area contributed by atoms with Crippen molar-refractivity contribution >= 4 is 34.5 Å². The van der Waals surface area contributed by atoms with Crippen molar-refractivity contribution in [2.75, 3.05) is 25.4 Å². The van der Waals surface area contributed by atoms with Crippen LogP contribution in [0.15, 0.2) is 83.3 Å². The maximum absolute atomic E-state index is 14.8. The Kier molecular flexibility index (Phi) is 7.62. The number of halogens is 2. The summed E-state index contributed by atoms with van der Waals surface area (Å²) in [6.45, 7) is 10.2. The van der Waals surface area contributed by atoms with Crippen LogP contribution >= 0.6 is 11.6 Å². The number of amidine groups is 1. The molecule has 1 aromatic carbocycles. The number of nitrogen functional groups attached to an aromatic ring is 1. The van der Waals surface area contributed by atoms with Gasteiger partial charge in [-0.05, 0) is 68.8 Å². The first kappa shape index (κ1) is 25.8. The summed E-state index contributed by atoms with van der Waals surface area (Å²) in [6, 6.07) is 6.33. The topological polar surface area (TPSA) is 84.7 Å². The monoisotopic (exact) mass is 529 g/mol. The van der Waals surface area contributed by atoms with Crippen LogP contribution in [-0.2, 0) is 6.54 Å². The minimum atomic E-state index is -0.431. The summed E-state index contributed by atoms with van der Waals surface area (Å²) >= 11 is 6.17. The Morgan fingerprint density at radius 2 is 1.95 bits per heavy atom. The Bertz CT molecular complexity index is 1490. The van der Waals surface area contributed by atoms with Gasteiger partial charge in [-0.1, -0.05) is 24.3 Å². The summed E-state index contributed by atoms with van der Waals surface area (Å²) in [6.07, 6.45) is 13.2. The first-order valence-corrected chi connectivity index (χ1v) is 13.0. The number of rotatable bonds is 7. The lowest BCUT2D eigenvalue weighted by Crippen LogP contribution is -2.24. The van der Waals surface area contributed by atoms with Crippen molar-refractivity contribution in [1.29, 1.82) is 0 Å². The van der Waals surface area contributed by atoms with E-state index >= 15 is 0 Å². The van der Waals surface area contributed by atoms with Gasteiger partial charge in [0.15, 0.2) is 5.84 Å². The minimum absolute atomic E-state index is 0.276. The maximum atomic E-state index is 14.8. The first-order chi connectivity index (χ1) is 18.4. The molecule has 0 saturated carbocycles. The van der Waals surface area contributed by atoms with E-state index in [-0.39, 0.29) is 5.56 Å². The molecule has 7 nitrogen and oxygen atoms in total. The number of aliphatic imine (C=N–C) groups is 2. The molecule has 2 aliphatic rings. The number of hydrogen-bond donors (Lipinski definition) is 1. The van der Waals surface area contributed by atoms with E-state index in [1.807, 2.05) is 23.9 Å². The van der Waals surface area contributed by atoms with Gasteiger partial charge < -0.3 is 10.6 Å². The average Bonchev–Trinajstić information content (AvgIpc) is 3.61. The van der Waals surface area contributed by atoms with Crippen LogP contribution in [0.25, 0.3) is 16.7 Å². The number of likely N-dealkylation sites (tertiary alicyclic amines) is 1. The number of allylic oxidation sites excluding steroid dienone is 2. The van der Waals surface area contributed by atoms with Gasteiger partial charge in [-0.25, -0.2) is 19.4 Å². The van der Waals surface area contributed by atoms with E-state index in [9.17, 15) is 4.39 Å². The molecule has 1 saturated heterocycles. The van der Waals surface area contributed by atoms with Crippen LogP contribution in [-0.4, -0.2) is 50.8 Å². The Morgan fingerprint density at radius 1 is 1.13 bits per heavy atom. The van der Waals surface area contributed by atoms with Crippen molar-refractivity contribution in [2.24, 2.45) is 9.98 Å². The van der Waals surface area contributed by atoms with Gasteiger partial charge in [-0.3, -0.25) is 4.68 Å². The molecule has 0 aliphatic carbocycles. The third-order valence-electron chi connectivity index (χ3n) is 6.67. The Hall–Kier alpha value is -3.88. The predicted octanol–water partition coefficient (Wildman–Crippen LogP) is 5.79. The highest BCUT2D eigenvalue weighted by Crippen LogP contribution is 2.33. The molecule has 5 rings (SSSR count). The van der Waals surface area contributed by atoms with Crippen LogP contribution < -0.4 is 5.73 Å². The molecule has 9 heteroatoms. The molecule has 0 radical (unpaired) electrons. The summed E-state index contributed by atoms with van der Waals surface area (Å²) in [5, 5.41) is 4.95. The van der Waals surface area contributed by atoms with Gasteiger partial charge in [0.1, 0.15) is 11.6 Å². The molecule has 3 aromatic rings. The van der Waals surface area contributed by atoms with Gasteiger partial charge in [-0.15, -0.1) is 0 Å². The minimum Gasteiger partial charge on any atom is -0.383 e. The van der Waals surface area contributed by atoms with Crippen LogP contribution in [0.1, 0.15) is 30.9 Å². The van der Waals surface area contributed by atoms with E-state index in [0.717, 1.165) is 42.9 Å². The zero-order valence-electron chi connectivity index (χ0n) is 21.2. The number of nitrogens with two attached hydrogens (primary N) is 1. The Labute approximate surface area is 226 Å². The smallest absolute Gasteiger partial charge is 0.159 e. The fourth-order valence-electron chi connectivity index (χ4n) is 4.63. The molecule has 0 bridgehead atoms. The molecule has 4 heterocycles. The Balaban J connectivity index is 1.50. The molecule has 194 valence electrons. The molecule has 0 spiro atoms. The van der Waals surface area contributed by atoms with E-state index in [1.54, 1.807) is 36.8 Å². The summed E-state index contributed by atoms with van der Waals surface area (Å²) in [4.78, 5) is 15.9. The summed E-state index contributed by atoms with van der Waals surface area (Å²) in [5.41, 5.74) is 10.7. The van der Waals surface area contributed by atoms with Gasteiger partial charge >= 0.3 is 0 Å². The highest BCUT2D eigenvalue weighted by atomic mass is 35.5. The van der Waals surface area contributed by atoms with Crippen molar-refractivity contribution in [3.63, 3.8) is 0 Å². The summed E-state index contributed by atoms with van der Waals surface area (Å²) in [5.74, 6) is 0.342. The standard InChI is InChI=1S/C29H29ClFN7/c1-3-8-33-29-19(2)23(15-27(36-29)25-14-22(30)6-7-26(25)31)20-13-24(28(32)34-16-20)21-17-35-38(18-21)12-11-37-9-4-5-10-37/h3,6-8,13-18H,2,4-5,9-12H2,1H3,(H2,32,34)/b8-3-,33-29+. The number of anilines is 1. The Morgan fingerprint density at radius 3 is 2.74 bits per heavy atom. The quantitative estimate of drug-likeness (QED) is 0.420. The normalized spacial score (nSPS) is 17.4. The summed E-state index contributed by atoms with van der Waals surface area (Å²) in [7, 11) is 0. The molecule has 2 aliphatic heterocycles. The zero-order chi connectivity index (χ0) is 26.6. The van der Waals surface area contributed by atoms with Crippen molar-refractivity contribution in [3.05, 3.63) is 95.3 Å². The molecular weight excluding hydrogens is 501 g/mol. The van der Waals surface area contributed by atoms with Crippen LogP contribution in [0.3, 0.4) is 0 Å². The van der Waals surface area contributed by atoms with Crippen LogP contribution in [0.2, 0.25) is 5.02 Å². The lowest BCUT2D eigenvalue weighted by Gasteiger charge is -2.19. The molecule has 2 N–H and O–H groups in total. The fourth-order valence-corrected chi connectivity index (χ4v) is 4.80. The number of dihydropyridines is 1. The number of pyridine rings is 1.